The Morgan fingerprint density at radius 2 is 1.76 bits per heavy atom. The van der Waals surface area contributed by atoms with Gasteiger partial charge in [0, 0.05) is 43.3 Å². The highest BCUT2D eigenvalue weighted by Crippen LogP contribution is 2.50. The minimum absolute atomic E-state index is 0.00311. The molecule has 0 radical (unpaired) electrons. The number of carbonyl (C=O) groups is 2. The molecule has 2 aromatic carbocycles. The van der Waals surface area contributed by atoms with Crippen LogP contribution < -0.4 is 0 Å². The third-order valence-corrected chi connectivity index (χ3v) is 10.1. The second kappa shape index (κ2) is 8.75. The number of amides is 1. The van der Waals surface area contributed by atoms with E-state index in [1.807, 2.05) is 12.2 Å². The van der Waals surface area contributed by atoms with E-state index in [0.29, 0.717) is 48.8 Å². The molecular weight excluding hydrogens is 518 g/mol. The van der Waals surface area contributed by atoms with E-state index in [2.05, 4.69) is 4.90 Å². The molecule has 1 N–H and O–H groups in total. The summed E-state index contributed by atoms with van der Waals surface area (Å²) < 4.78 is 34.1. The molecule has 5 aliphatic heterocycles. The molecule has 9 nitrogen and oxygen atoms in total. The molecule has 2 fully saturated rings. The fourth-order valence-corrected chi connectivity index (χ4v) is 7.62. The van der Waals surface area contributed by atoms with Crippen molar-refractivity contribution >= 4 is 44.3 Å². The first kappa shape index (κ1) is 24.3. The van der Waals surface area contributed by atoms with Crippen molar-refractivity contribution in [2.45, 2.75) is 23.8 Å². The first-order valence-corrected chi connectivity index (χ1v) is 14.0. The van der Waals surface area contributed by atoms with Crippen LogP contribution in [0.15, 0.2) is 64.9 Å². The Labute approximate surface area is 219 Å². The van der Waals surface area contributed by atoms with Crippen LogP contribution in [0.2, 0.25) is 5.02 Å². The molecule has 5 aliphatic rings. The van der Waals surface area contributed by atoms with Gasteiger partial charge in [0.1, 0.15) is 12.6 Å². The SMILES string of the molecule is O=C(O)C1CN(S(=O)(=O)c2ccc3cc(Cl)ccc3c2)CCN1C(=O)C12CCN(CC1)C1=C2C=CCO1. The summed E-state index contributed by atoms with van der Waals surface area (Å²) in [6.07, 6.45) is 4.94. The largest absolute Gasteiger partial charge is 0.480 e. The zero-order valence-electron chi connectivity index (χ0n) is 20.0. The van der Waals surface area contributed by atoms with E-state index in [0.717, 1.165) is 11.0 Å². The van der Waals surface area contributed by atoms with Gasteiger partial charge in [-0.1, -0.05) is 29.8 Å². The van der Waals surface area contributed by atoms with Crippen molar-refractivity contribution in [2.75, 3.05) is 39.3 Å². The van der Waals surface area contributed by atoms with Crippen molar-refractivity contribution in [1.82, 2.24) is 14.1 Å². The average molecular weight is 544 g/mol. The summed E-state index contributed by atoms with van der Waals surface area (Å²) in [6.45, 7) is 1.46. The van der Waals surface area contributed by atoms with Crippen LogP contribution in [0, 0.1) is 5.41 Å². The number of nitrogens with zero attached hydrogens (tertiary/aromatic N) is 3. The van der Waals surface area contributed by atoms with Gasteiger partial charge in [0.25, 0.3) is 0 Å². The minimum Gasteiger partial charge on any atom is -0.480 e. The molecule has 2 saturated heterocycles. The molecule has 1 atom stereocenters. The highest BCUT2D eigenvalue weighted by Gasteiger charge is 2.55. The maximum atomic E-state index is 14.0. The zero-order valence-corrected chi connectivity index (χ0v) is 21.5. The molecule has 2 aromatic rings. The molecule has 2 bridgehead atoms. The van der Waals surface area contributed by atoms with E-state index in [4.69, 9.17) is 16.3 Å². The van der Waals surface area contributed by atoms with E-state index in [9.17, 15) is 23.1 Å². The molecule has 194 valence electrons. The van der Waals surface area contributed by atoms with Crippen molar-refractivity contribution in [1.29, 1.82) is 0 Å². The molecule has 1 amide bonds. The van der Waals surface area contributed by atoms with E-state index in [-0.39, 0.29) is 30.4 Å². The van der Waals surface area contributed by atoms with E-state index in [1.54, 1.807) is 30.3 Å². The van der Waals surface area contributed by atoms with Gasteiger partial charge in [-0.25, -0.2) is 13.2 Å². The smallest absolute Gasteiger partial charge is 0.327 e. The van der Waals surface area contributed by atoms with Gasteiger partial charge in [0.2, 0.25) is 15.9 Å². The number of allylic oxidation sites excluding steroid dienone is 1. The number of carbonyl (C=O) groups excluding carboxylic acids is 1. The summed E-state index contributed by atoms with van der Waals surface area (Å²) >= 11 is 6.04. The molecule has 0 saturated carbocycles. The van der Waals surface area contributed by atoms with Crippen molar-refractivity contribution in [3.63, 3.8) is 0 Å². The number of aliphatic carboxylic acids is 1. The van der Waals surface area contributed by atoms with Crippen LogP contribution in [0.1, 0.15) is 12.8 Å². The first-order chi connectivity index (χ1) is 17.7. The molecule has 0 aliphatic carbocycles. The monoisotopic (exact) mass is 543 g/mol. The average Bonchev–Trinajstić information content (AvgIpc) is 2.92. The first-order valence-electron chi connectivity index (χ1n) is 12.2. The maximum Gasteiger partial charge on any atom is 0.327 e. The molecule has 0 aromatic heterocycles. The van der Waals surface area contributed by atoms with Gasteiger partial charge in [-0.05, 0) is 54.0 Å². The van der Waals surface area contributed by atoms with Crippen LogP contribution in [-0.2, 0) is 24.3 Å². The highest BCUT2D eigenvalue weighted by molar-refractivity contribution is 7.89. The summed E-state index contributed by atoms with van der Waals surface area (Å²) in [5.74, 6) is -0.781. The van der Waals surface area contributed by atoms with Crippen LogP contribution in [0.3, 0.4) is 0 Å². The van der Waals surface area contributed by atoms with E-state index in [1.165, 1.54) is 15.3 Å². The quantitative estimate of drug-likeness (QED) is 0.631. The summed E-state index contributed by atoms with van der Waals surface area (Å²) in [5.41, 5.74) is -0.0493. The Bertz CT molecular complexity index is 1480. The van der Waals surface area contributed by atoms with Crippen molar-refractivity contribution in [3.8, 4) is 0 Å². The molecular formula is C26H26ClN3O6S. The van der Waals surface area contributed by atoms with Crippen LogP contribution >= 0.6 is 11.6 Å². The Kier molecular flexibility index (Phi) is 5.74. The van der Waals surface area contributed by atoms with Gasteiger partial charge in [0.05, 0.1) is 10.3 Å². The predicted molar refractivity (Wildman–Crippen MR) is 136 cm³/mol. The predicted octanol–water partition coefficient (Wildman–Crippen LogP) is 2.67. The number of piperazine rings is 1. The lowest BCUT2D eigenvalue weighted by Gasteiger charge is -2.52. The van der Waals surface area contributed by atoms with Gasteiger partial charge in [0.15, 0.2) is 5.88 Å². The fraction of sp³-hybridized carbons (Fsp3) is 0.385. The Hall–Kier alpha value is -3.08. The number of ether oxygens (including phenoxy) is 1. The fourth-order valence-electron chi connectivity index (χ4n) is 5.97. The number of hydrogen-bond acceptors (Lipinski definition) is 6. The molecule has 7 rings (SSSR count). The summed E-state index contributed by atoms with van der Waals surface area (Å²) in [4.78, 5) is 30.0. The number of sulfonamides is 1. The Balaban J connectivity index is 1.29. The zero-order chi connectivity index (χ0) is 25.9. The lowest BCUT2D eigenvalue weighted by Crippen LogP contribution is -2.64. The summed E-state index contributed by atoms with van der Waals surface area (Å²) in [5, 5.41) is 12.2. The molecule has 5 heterocycles. The topological polar surface area (TPSA) is 107 Å². The van der Waals surface area contributed by atoms with Crippen molar-refractivity contribution < 1.29 is 27.9 Å². The minimum atomic E-state index is -3.98. The number of piperidine rings is 1. The van der Waals surface area contributed by atoms with Gasteiger partial charge in [-0.15, -0.1) is 0 Å². The molecule has 0 spiro atoms. The van der Waals surface area contributed by atoms with Gasteiger partial charge < -0.3 is 19.6 Å². The number of hydrogen-bond donors (Lipinski definition) is 1. The second-order valence-corrected chi connectivity index (χ2v) is 12.2. The van der Waals surface area contributed by atoms with E-state index < -0.39 is 27.4 Å². The Morgan fingerprint density at radius 1 is 1.03 bits per heavy atom. The summed E-state index contributed by atoms with van der Waals surface area (Å²) in [6, 6.07) is 8.64. The van der Waals surface area contributed by atoms with Crippen molar-refractivity contribution in [2.24, 2.45) is 5.41 Å². The second-order valence-electron chi connectivity index (χ2n) is 9.87. The number of benzene rings is 2. The number of carboxylic acid groups (broad SMARTS) is 1. The van der Waals surface area contributed by atoms with Crippen molar-refractivity contribution in [3.05, 3.63) is 65.0 Å². The number of carboxylic acids is 1. The van der Waals surface area contributed by atoms with Gasteiger partial charge in [-0.2, -0.15) is 4.31 Å². The lowest BCUT2D eigenvalue weighted by molar-refractivity contribution is -0.159. The highest BCUT2D eigenvalue weighted by atomic mass is 35.5. The maximum absolute atomic E-state index is 14.0. The molecule has 11 heteroatoms. The third-order valence-electron chi connectivity index (χ3n) is 7.96. The number of fused-ring (bicyclic) bond motifs is 3. The van der Waals surface area contributed by atoms with Crippen LogP contribution in [0.5, 0.6) is 0 Å². The van der Waals surface area contributed by atoms with Gasteiger partial charge >= 0.3 is 5.97 Å². The lowest BCUT2D eigenvalue weighted by atomic mass is 9.67. The number of rotatable bonds is 4. The Morgan fingerprint density at radius 3 is 2.51 bits per heavy atom. The molecule has 37 heavy (non-hydrogen) atoms. The standard InChI is InChI=1S/C26H26ClN3O6S/c27-19-5-3-18-15-20(6-4-17(18)14-19)37(34,35)29-11-12-30(22(16-29)24(31)32)25(33)26-7-9-28(10-8-26)23-21(26)2-1-13-36-23/h1-6,14-15,22H,7-13,16H2,(H,31,32). The van der Waals surface area contributed by atoms with Crippen LogP contribution in [-0.4, -0.2) is 84.9 Å². The molecule has 1 unspecified atom stereocenters. The van der Waals surface area contributed by atoms with Gasteiger partial charge in [-0.3, -0.25) is 4.79 Å². The summed E-state index contributed by atoms with van der Waals surface area (Å²) in [7, 11) is -3.98. The van der Waals surface area contributed by atoms with Crippen LogP contribution in [0.25, 0.3) is 10.8 Å². The van der Waals surface area contributed by atoms with Crippen LogP contribution in [0.4, 0.5) is 0 Å². The van der Waals surface area contributed by atoms with E-state index >= 15 is 0 Å². The third kappa shape index (κ3) is 3.81. The number of halogens is 1. The normalized spacial score (nSPS) is 23.2.